The molecule has 108 valence electrons. The van der Waals surface area contributed by atoms with Crippen LogP contribution in [0.15, 0.2) is 23.0 Å². The van der Waals surface area contributed by atoms with E-state index in [9.17, 15) is 9.59 Å². The van der Waals surface area contributed by atoms with Crippen LogP contribution in [-0.4, -0.2) is 30.4 Å². The molecule has 2 amide bonds. The second-order valence-corrected chi connectivity index (χ2v) is 4.26. The second kappa shape index (κ2) is 8.55. The summed E-state index contributed by atoms with van der Waals surface area (Å²) >= 11 is 0. The highest BCUT2D eigenvalue weighted by molar-refractivity contribution is 5.97. The van der Waals surface area contributed by atoms with Crippen LogP contribution in [0.5, 0.6) is 0 Å². The van der Waals surface area contributed by atoms with Gasteiger partial charge >= 0.3 is 0 Å². The van der Waals surface area contributed by atoms with Gasteiger partial charge in [-0.25, -0.2) is 0 Å². The molecule has 4 N–H and O–H groups in total. The average molecular weight is 290 g/mol. The predicted molar refractivity (Wildman–Crippen MR) is 74.2 cm³/mol. The van der Waals surface area contributed by atoms with Crippen molar-refractivity contribution in [3.8, 4) is 0 Å². The van der Waals surface area contributed by atoms with Gasteiger partial charge in [-0.15, -0.1) is 12.4 Å². The Hall–Kier alpha value is -1.53. The van der Waals surface area contributed by atoms with Crippen molar-refractivity contribution >= 4 is 24.2 Å². The molecule has 0 saturated carbocycles. The van der Waals surface area contributed by atoms with Crippen LogP contribution in [0.3, 0.4) is 0 Å². The van der Waals surface area contributed by atoms with Gasteiger partial charge in [0.05, 0.1) is 11.8 Å². The fraction of sp³-hybridized carbons (Fsp3) is 0.500. The van der Waals surface area contributed by atoms with Crippen LogP contribution < -0.4 is 16.4 Å². The zero-order valence-corrected chi connectivity index (χ0v) is 11.8. The molecule has 19 heavy (non-hydrogen) atoms. The fourth-order valence-electron chi connectivity index (χ4n) is 1.32. The van der Waals surface area contributed by atoms with Gasteiger partial charge in [-0.05, 0) is 26.3 Å². The van der Waals surface area contributed by atoms with E-state index in [1.807, 2.05) is 6.92 Å². The van der Waals surface area contributed by atoms with Crippen LogP contribution in [0.1, 0.15) is 30.6 Å². The zero-order chi connectivity index (χ0) is 13.5. The summed E-state index contributed by atoms with van der Waals surface area (Å²) in [5.41, 5.74) is 5.96. The summed E-state index contributed by atoms with van der Waals surface area (Å²) in [6.07, 6.45) is 3.44. The van der Waals surface area contributed by atoms with Gasteiger partial charge < -0.3 is 20.8 Å². The fourth-order valence-corrected chi connectivity index (χ4v) is 1.32. The van der Waals surface area contributed by atoms with Crippen LogP contribution in [0, 0.1) is 0 Å². The van der Waals surface area contributed by atoms with E-state index in [1.54, 1.807) is 6.92 Å². The molecule has 0 aliphatic rings. The Balaban J connectivity index is 0.00000324. The number of rotatable bonds is 6. The third kappa shape index (κ3) is 6.26. The van der Waals surface area contributed by atoms with E-state index in [0.717, 1.165) is 0 Å². The Kier molecular flexibility index (Phi) is 7.86. The first-order valence-electron chi connectivity index (χ1n) is 5.87. The summed E-state index contributed by atoms with van der Waals surface area (Å²) in [6, 6.07) is 0.984. The Labute approximate surface area is 118 Å². The van der Waals surface area contributed by atoms with E-state index in [-0.39, 0.29) is 30.3 Å². The molecule has 2 unspecified atom stereocenters. The maximum absolute atomic E-state index is 11.6. The van der Waals surface area contributed by atoms with Gasteiger partial charge in [0.25, 0.3) is 5.91 Å². The monoisotopic (exact) mass is 289 g/mol. The second-order valence-electron chi connectivity index (χ2n) is 4.26. The van der Waals surface area contributed by atoms with Crippen molar-refractivity contribution in [2.75, 3.05) is 6.54 Å². The Morgan fingerprint density at radius 3 is 2.63 bits per heavy atom. The number of carbonyl (C=O) groups excluding carboxylic acids is 2. The van der Waals surface area contributed by atoms with E-state index >= 15 is 0 Å². The van der Waals surface area contributed by atoms with Crippen LogP contribution in [0.4, 0.5) is 0 Å². The minimum absolute atomic E-state index is 0. The molecule has 1 rings (SSSR count). The number of hydrogen-bond donors (Lipinski definition) is 3. The van der Waals surface area contributed by atoms with Gasteiger partial charge in [-0.3, -0.25) is 9.59 Å². The number of halogens is 1. The first-order chi connectivity index (χ1) is 8.50. The third-order valence-electron chi connectivity index (χ3n) is 2.42. The Morgan fingerprint density at radius 1 is 1.42 bits per heavy atom. The predicted octanol–water partition coefficient (Wildman–Crippen LogP) is 0.673. The van der Waals surface area contributed by atoms with Crippen molar-refractivity contribution in [2.45, 2.75) is 32.4 Å². The zero-order valence-electron chi connectivity index (χ0n) is 11.0. The van der Waals surface area contributed by atoms with Gasteiger partial charge in [0.2, 0.25) is 5.91 Å². The van der Waals surface area contributed by atoms with Gasteiger partial charge in [-0.1, -0.05) is 0 Å². The first-order valence-corrected chi connectivity index (χ1v) is 5.87. The molecule has 0 bridgehead atoms. The molecule has 0 aliphatic carbocycles. The third-order valence-corrected chi connectivity index (χ3v) is 2.42. The van der Waals surface area contributed by atoms with E-state index in [2.05, 4.69) is 10.6 Å². The number of nitrogens with one attached hydrogen (secondary N) is 2. The van der Waals surface area contributed by atoms with Crippen molar-refractivity contribution in [1.82, 2.24) is 10.6 Å². The van der Waals surface area contributed by atoms with E-state index in [4.69, 9.17) is 10.2 Å². The van der Waals surface area contributed by atoms with E-state index in [0.29, 0.717) is 18.5 Å². The number of nitrogens with two attached hydrogens (primary N) is 1. The van der Waals surface area contributed by atoms with E-state index < -0.39 is 6.04 Å². The molecule has 0 spiro atoms. The maximum atomic E-state index is 11.6. The van der Waals surface area contributed by atoms with Crippen molar-refractivity contribution in [3.63, 3.8) is 0 Å². The summed E-state index contributed by atoms with van der Waals surface area (Å²) < 4.78 is 4.79. The van der Waals surface area contributed by atoms with Crippen molar-refractivity contribution in [1.29, 1.82) is 0 Å². The first kappa shape index (κ1) is 17.5. The van der Waals surface area contributed by atoms with Gasteiger partial charge in [0, 0.05) is 12.6 Å². The Morgan fingerprint density at radius 2 is 2.11 bits per heavy atom. The van der Waals surface area contributed by atoms with Crippen LogP contribution in [0.2, 0.25) is 0 Å². The molecule has 6 nitrogen and oxygen atoms in total. The lowest BCUT2D eigenvalue weighted by atomic mass is 10.2. The molecule has 2 atom stereocenters. The molecule has 0 aromatic carbocycles. The highest BCUT2D eigenvalue weighted by atomic mass is 35.5. The van der Waals surface area contributed by atoms with E-state index in [1.165, 1.54) is 18.6 Å². The standard InChI is InChI=1S/C12H19N3O3.ClH/c1-8(13)3-5-14-11(16)9(2)15-12(17)10-4-6-18-7-10;/h4,6-9H,3,5,13H2,1-2H3,(H,14,16)(H,15,17);1H. The molecule has 1 aromatic heterocycles. The molecule has 1 heterocycles. The molecular weight excluding hydrogens is 270 g/mol. The number of furan rings is 1. The van der Waals surface area contributed by atoms with Crippen LogP contribution in [0.25, 0.3) is 0 Å². The topological polar surface area (TPSA) is 97.4 Å². The molecule has 7 heteroatoms. The highest BCUT2D eigenvalue weighted by Gasteiger charge is 2.16. The van der Waals surface area contributed by atoms with Crippen molar-refractivity contribution < 1.29 is 14.0 Å². The molecule has 1 aromatic rings. The lowest BCUT2D eigenvalue weighted by Gasteiger charge is -2.14. The summed E-state index contributed by atoms with van der Waals surface area (Å²) in [4.78, 5) is 23.3. The summed E-state index contributed by atoms with van der Waals surface area (Å²) in [5.74, 6) is -0.564. The van der Waals surface area contributed by atoms with Gasteiger partial charge in [-0.2, -0.15) is 0 Å². The van der Waals surface area contributed by atoms with Crippen LogP contribution in [-0.2, 0) is 4.79 Å². The smallest absolute Gasteiger partial charge is 0.255 e. The van der Waals surface area contributed by atoms with Gasteiger partial charge in [0.15, 0.2) is 0 Å². The average Bonchev–Trinajstić information content (AvgIpc) is 2.81. The summed E-state index contributed by atoms with van der Waals surface area (Å²) in [5, 5.41) is 5.29. The quantitative estimate of drug-likeness (QED) is 0.717. The normalized spacial score (nSPS) is 13.0. The summed E-state index contributed by atoms with van der Waals surface area (Å²) in [7, 11) is 0. The molecule has 0 saturated heterocycles. The molecule has 0 aliphatic heterocycles. The van der Waals surface area contributed by atoms with Crippen LogP contribution >= 0.6 is 12.4 Å². The SMILES string of the molecule is CC(N)CCNC(=O)C(C)NC(=O)c1ccoc1.Cl. The highest BCUT2D eigenvalue weighted by Crippen LogP contribution is 2.00. The Bertz CT molecular complexity index is 393. The lowest BCUT2D eigenvalue weighted by molar-refractivity contribution is -0.122. The number of amides is 2. The number of hydrogen-bond acceptors (Lipinski definition) is 4. The number of carbonyl (C=O) groups is 2. The molecule has 0 fully saturated rings. The minimum Gasteiger partial charge on any atom is -0.472 e. The largest absolute Gasteiger partial charge is 0.472 e. The molecular formula is C12H20ClN3O3. The van der Waals surface area contributed by atoms with Gasteiger partial charge in [0.1, 0.15) is 12.3 Å². The summed E-state index contributed by atoms with van der Waals surface area (Å²) in [6.45, 7) is 4.00. The maximum Gasteiger partial charge on any atom is 0.255 e. The van der Waals surface area contributed by atoms with Crippen molar-refractivity contribution in [2.24, 2.45) is 5.73 Å². The molecule has 0 radical (unpaired) electrons. The van der Waals surface area contributed by atoms with Crippen molar-refractivity contribution in [3.05, 3.63) is 24.2 Å². The lowest BCUT2D eigenvalue weighted by Crippen LogP contribution is -2.45. The minimum atomic E-state index is -0.597.